The smallest absolute Gasteiger partial charge is 0.0314 e. The van der Waals surface area contributed by atoms with Gasteiger partial charge in [0.1, 0.15) is 0 Å². The highest BCUT2D eigenvalue weighted by Crippen LogP contribution is 2.47. The Kier molecular flexibility index (Phi) is 9.83. The molecule has 0 radical (unpaired) electrons. The fourth-order valence-corrected chi connectivity index (χ4v) is 6.81. The molecule has 0 spiro atoms. The molecule has 1 aliphatic rings. The molecule has 0 unspecified atom stereocenters. The minimum atomic E-state index is 0.117. The Morgan fingerprint density at radius 3 is 1.27 bits per heavy atom. The van der Waals surface area contributed by atoms with E-state index >= 15 is 0 Å². The number of unbranched alkanes of at least 4 members (excludes halogenated alkanes) is 2. The maximum absolute atomic E-state index is 5.87. The molecular weight excluding hydrogens is 496 g/mol. The number of nitrogen functional groups attached to an aromatic ring is 2. The summed E-state index contributed by atoms with van der Waals surface area (Å²) >= 11 is 0. The zero-order valence-corrected chi connectivity index (χ0v) is 25.0. The molecule has 2 nitrogen and oxygen atoms in total. The molecule has 0 atom stereocenters. The fraction of sp³-hybridized carbons (Fsp3) is 0.385. The van der Waals surface area contributed by atoms with Gasteiger partial charge in [-0.3, -0.25) is 0 Å². The van der Waals surface area contributed by atoms with E-state index in [9.17, 15) is 0 Å². The van der Waals surface area contributed by atoms with Crippen LogP contribution >= 0.6 is 0 Å². The molecule has 1 saturated carbocycles. The van der Waals surface area contributed by atoms with Crippen LogP contribution in [-0.2, 0) is 31.1 Å². The Morgan fingerprint density at radius 2 is 0.902 bits per heavy atom. The average molecular weight is 545 g/mol. The van der Waals surface area contributed by atoms with Crippen molar-refractivity contribution in [3.05, 3.63) is 130 Å². The third kappa shape index (κ3) is 7.61. The van der Waals surface area contributed by atoms with Gasteiger partial charge >= 0.3 is 0 Å². The van der Waals surface area contributed by atoms with Crippen LogP contribution in [0, 0.1) is 5.92 Å². The second-order valence-electron chi connectivity index (χ2n) is 12.4. The highest BCUT2D eigenvalue weighted by molar-refractivity contribution is 5.43. The molecule has 0 amide bonds. The van der Waals surface area contributed by atoms with Gasteiger partial charge in [0.15, 0.2) is 0 Å². The molecule has 214 valence electrons. The van der Waals surface area contributed by atoms with Crippen LogP contribution < -0.4 is 11.5 Å². The Bertz CT molecular complexity index is 1230. The first-order valence-electron chi connectivity index (χ1n) is 15.9. The van der Waals surface area contributed by atoms with Crippen molar-refractivity contribution in [1.29, 1.82) is 0 Å². The summed E-state index contributed by atoms with van der Waals surface area (Å²) in [6.45, 7) is 2.31. The summed E-state index contributed by atoms with van der Waals surface area (Å²) in [5.74, 6) is 0.882. The summed E-state index contributed by atoms with van der Waals surface area (Å²) in [7, 11) is 0. The van der Waals surface area contributed by atoms with Crippen molar-refractivity contribution in [3.63, 3.8) is 0 Å². The van der Waals surface area contributed by atoms with Crippen molar-refractivity contribution in [2.24, 2.45) is 5.92 Å². The van der Waals surface area contributed by atoms with Gasteiger partial charge < -0.3 is 11.5 Å². The summed E-state index contributed by atoms with van der Waals surface area (Å²) in [4.78, 5) is 0. The van der Waals surface area contributed by atoms with Crippen molar-refractivity contribution in [2.45, 2.75) is 89.4 Å². The predicted octanol–water partition coefficient (Wildman–Crippen LogP) is 9.48. The Morgan fingerprint density at radius 1 is 0.537 bits per heavy atom. The van der Waals surface area contributed by atoms with Crippen LogP contribution in [-0.4, -0.2) is 0 Å². The SMILES string of the molecule is CCCCCC1CCC(c2ccc(CCc3ccc(N)cc3)cc2)(c2ccc(CCc3ccc(N)cc3)cc2)CC1. The van der Waals surface area contributed by atoms with Crippen LogP contribution in [0.3, 0.4) is 0 Å². The molecule has 4 aromatic carbocycles. The van der Waals surface area contributed by atoms with Crippen LogP contribution in [0.4, 0.5) is 11.4 Å². The van der Waals surface area contributed by atoms with Gasteiger partial charge in [0.25, 0.3) is 0 Å². The van der Waals surface area contributed by atoms with Crippen LogP contribution in [0.25, 0.3) is 0 Å². The van der Waals surface area contributed by atoms with E-state index in [1.54, 1.807) is 0 Å². The predicted molar refractivity (Wildman–Crippen MR) is 176 cm³/mol. The van der Waals surface area contributed by atoms with E-state index in [1.165, 1.54) is 84.7 Å². The highest BCUT2D eigenvalue weighted by Gasteiger charge is 2.38. The van der Waals surface area contributed by atoms with Gasteiger partial charge in [-0.05, 0) is 115 Å². The summed E-state index contributed by atoms with van der Waals surface area (Å²) in [5, 5.41) is 0. The topological polar surface area (TPSA) is 52.0 Å². The van der Waals surface area contributed by atoms with Crippen LogP contribution in [0.2, 0.25) is 0 Å². The number of hydrogen-bond acceptors (Lipinski definition) is 2. The van der Waals surface area contributed by atoms with E-state index in [1.807, 2.05) is 24.3 Å². The molecule has 0 bridgehead atoms. The van der Waals surface area contributed by atoms with Crippen molar-refractivity contribution < 1.29 is 0 Å². The first-order valence-corrected chi connectivity index (χ1v) is 15.9. The lowest BCUT2D eigenvalue weighted by Gasteiger charge is -2.42. The van der Waals surface area contributed by atoms with E-state index in [0.29, 0.717) is 0 Å². The molecule has 5 rings (SSSR count). The maximum atomic E-state index is 5.87. The van der Waals surface area contributed by atoms with Gasteiger partial charge in [-0.15, -0.1) is 0 Å². The highest BCUT2D eigenvalue weighted by atomic mass is 14.5. The van der Waals surface area contributed by atoms with E-state index < -0.39 is 0 Å². The average Bonchev–Trinajstić information content (AvgIpc) is 3.02. The third-order valence-electron chi connectivity index (χ3n) is 9.55. The first-order chi connectivity index (χ1) is 20.0. The van der Waals surface area contributed by atoms with E-state index in [0.717, 1.165) is 43.0 Å². The van der Waals surface area contributed by atoms with Crippen LogP contribution in [0.1, 0.15) is 91.7 Å². The Hall–Kier alpha value is -3.52. The fourth-order valence-electron chi connectivity index (χ4n) is 6.81. The lowest BCUT2D eigenvalue weighted by Crippen LogP contribution is -2.33. The lowest BCUT2D eigenvalue weighted by atomic mass is 9.62. The monoisotopic (exact) mass is 544 g/mol. The van der Waals surface area contributed by atoms with Crippen molar-refractivity contribution in [1.82, 2.24) is 0 Å². The Balaban J connectivity index is 1.30. The third-order valence-corrected chi connectivity index (χ3v) is 9.55. The van der Waals surface area contributed by atoms with Gasteiger partial charge in [-0.1, -0.05) is 105 Å². The number of nitrogens with two attached hydrogens (primary N) is 2. The molecule has 0 aromatic heterocycles. The maximum Gasteiger partial charge on any atom is 0.0314 e. The van der Waals surface area contributed by atoms with Crippen molar-refractivity contribution in [2.75, 3.05) is 11.5 Å². The minimum Gasteiger partial charge on any atom is -0.399 e. The normalized spacial score (nSPS) is 15.1. The van der Waals surface area contributed by atoms with E-state index in [4.69, 9.17) is 11.5 Å². The Labute approximate surface area is 248 Å². The molecule has 0 heterocycles. The summed E-state index contributed by atoms with van der Waals surface area (Å²) in [6.07, 6.45) is 14.8. The summed E-state index contributed by atoms with van der Waals surface area (Å²) in [5.41, 5.74) is 22.0. The summed E-state index contributed by atoms with van der Waals surface area (Å²) < 4.78 is 0. The molecule has 4 N–H and O–H groups in total. The van der Waals surface area contributed by atoms with Crippen molar-refractivity contribution >= 4 is 11.4 Å². The van der Waals surface area contributed by atoms with Gasteiger partial charge in [0, 0.05) is 16.8 Å². The van der Waals surface area contributed by atoms with Crippen LogP contribution in [0.15, 0.2) is 97.1 Å². The van der Waals surface area contributed by atoms with E-state index in [2.05, 4.69) is 79.7 Å². The molecule has 1 aliphatic carbocycles. The number of aryl methyl sites for hydroxylation is 4. The number of benzene rings is 4. The quantitative estimate of drug-likeness (QED) is 0.138. The molecule has 2 heteroatoms. The lowest BCUT2D eigenvalue weighted by molar-refractivity contribution is 0.250. The zero-order chi connectivity index (χ0) is 28.5. The van der Waals surface area contributed by atoms with E-state index in [-0.39, 0.29) is 5.41 Å². The molecule has 0 aliphatic heterocycles. The van der Waals surface area contributed by atoms with Crippen molar-refractivity contribution in [3.8, 4) is 0 Å². The number of hydrogen-bond donors (Lipinski definition) is 2. The first kappa shape index (κ1) is 29.0. The zero-order valence-electron chi connectivity index (χ0n) is 25.0. The second kappa shape index (κ2) is 13.9. The minimum absolute atomic E-state index is 0.117. The molecule has 41 heavy (non-hydrogen) atoms. The molecule has 4 aromatic rings. The summed E-state index contributed by atoms with van der Waals surface area (Å²) in [6, 6.07) is 35.9. The molecule has 0 saturated heterocycles. The standard InChI is InChI=1S/C39H48N2/c1-2-3-4-5-30-26-28-39(29-27-30,35-18-10-31(11-19-35)6-8-33-14-22-37(40)23-15-33)36-20-12-32(13-21-36)7-9-34-16-24-38(41)25-17-34/h10-25,30H,2-9,26-29,40-41H2,1H3. The number of anilines is 2. The van der Waals surface area contributed by atoms with Gasteiger partial charge in [-0.25, -0.2) is 0 Å². The second-order valence-corrected chi connectivity index (χ2v) is 12.4. The van der Waals surface area contributed by atoms with Crippen LogP contribution in [0.5, 0.6) is 0 Å². The molecular formula is C39H48N2. The van der Waals surface area contributed by atoms with Gasteiger partial charge in [-0.2, -0.15) is 0 Å². The number of rotatable bonds is 12. The molecule has 1 fully saturated rings. The van der Waals surface area contributed by atoms with Gasteiger partial charge in [0.05, 0.1) is 0 Å². The van der Waals surface area contributed by atoms with Gasteiger partial charge in [0.2, 0.25) is 0 Å². The largest absolute Gasteiger partial charge is 0.399 e.